The van der Waals surface area contributed by atoms with Gasteiger partial charge < -0.3 is 0 Å². The Bertz CT molecular complexity index is 851. The second-order valence-electron chi connectivity index (χ2n) is 4.80. The second-order valence-corrected chi connectivity index (χ2v) is 4.80. The highest BCUT2D eigenvalue weighted by Crippen LogP contribution is 2.29. The minimum atomic E-state index is -4.57. The molecule has 1 aromatic carbocycles. The van der Waals surface area contributed by atoms with Crippen molar-refractivity contribution in [1.29, 1.82) is 0 Å². The van der Waals surface area contributed by atoms with Crippen molar-refractivity contribution in [3.8, 4) is 11.1 Å². The van der Waals surface area contributed by atoms with Gasteiger partial charge in [0, 0.05) is 11.8 Å². The van der Waals surface area contributed by atoms with E-state index in [9.17, 15) is 18.0 Å². The van der Waals surface area contributed by atoms with Gasteiger partial charge in [-0.1, -0.05) is 24.3 Å². The number of nitrogens with zero attached hydrogens (tertiary/aromatic N) is 3. The van der Waals surface area contributed by atoms with Gasteiger partial charge in [-0.3, -0.25) is 9.20 Å². The average molecular weight is 305 g/mol. The first-order valence-corrected chi connectivity index (χ1v) is 6.39. The zero-order valence-corrected chi connectivity index (χ0v) is 11.4. The fraction of sp³-hybridized carbons (Fsp3) is 0.133. The van der Waals surface area contributed by atoms with E-state index in [1.807, 2.05) is 0 Å². The van der Waals surface area contributed by atoms with E-state index in [1.165, 1.54) is 19.2 Å². The zero-order chi connectivity index (χ0) is 15.9. The summed E-state index contributed by atoms with van der Waals surface area (Å²) in [6.07, 6.45) is -3.24. The Hall–Kier alpha value is -2.70. The van der Waals surface area contributed by atoms with E-state index in [0.29, 0.717) is 16.7 Å². The maximum atomic E-state index is 12.9. The molecule has 2 aromatic heterocycles. The number of hydrogen-bond donors (Lipinski definition) is 0. The highest BCUT2D eigenvalue weighted by atomic mass is 19.4. The van der Waals surface area contributed by atoms with Crippen LogP contribution in [-0.2, 0) is 6.18 Å². The first-order chi connectivity index (χ1) is 10.4. The van der Waals surface area contributed by atoms with Crippen LogP contribution in [0.15, 0.2) is 42.6 Å². The fourth-order valence-corrected chi connectivity index (χ4v) is 2.15. The fourth-order valence-electron chi connectivity index (χ4n) is 2.15. The summed E-state index contributed by atoms with van der Waals surface area (Å²) in [6, 6.07) is 9.78. The number of fused-ring (bicyclic) bond motifs is 1. The highest BCUT2D eigenvalue weighted by molar-refractivity contribution is 5.94. The molecule has 0 aliphatic rings. The Kier molecular flexibility index (Phi) is 3.20. The van der Waals surface area contributed by atoms with Crippen LogP contribution in [0.4, 0.5) is 13.2 Å². The maximum absolute atomic E-state index is 12.9. The van der Waals surface area contributed by atoms with Crippen molar-refractivity contribution in [3.05, 3.63) is 54.0 Å². The van der Waals surface area contributed by atoms with Crippen LogP contribution >= 0.6 is 0 Å². The summed E-state index contributed by atoms with van der Waals surface area (Å²) in [4.78, 5) is 11.2. The normalized spacial score (nSPS) is 11.8. The number of halogens is 3. The smallest absolute Gasteiger partial charge is 0.295 e. The monoisotopic (exact) mass is 305 g/mol. The van der Waals surface area contributed by atoms with E-state index in [2.05, 4.69) is 10.2 Å². The van der Waals surface area contributed by atoms with Gasteiger partial charge in [-0.15, -0.1) is 10.2 Å². The van der Waals surface area contributed by atoms with Crippen LogP contribution in [-0.4, -0.2) is 20.4 Å². The molecule has 0 saturated heterocycles. The van der Waals surface area contributed by atoms with Gasteiger partial charge in [-0.25, -0.2) is 0 Å². The lowest BCUT2D eigenvalue weighted by atomic mass is 10.0. The maximum Gasteiger partial charge on any atom is 0.452 e. The molecule has 22 heavy (non-hydrogen) atoms. The Morgan fingerprint density at radius 1 is 1.00 bits per heavy atom. The number of alkyl halides is 3. The van der Waals surface area contributed by atoms with Gasteiger partial charge in [-0.05, 0) is 30.2 Å². The van der Waals surface area contributed by atoms with Gasteiger partial charge in [0.1, 0.15) is 0 Å². The molecular formula is C15H10F3N3O. The molecule has 7 heteroatoms. The molecule has 0 atom stereocenters. The molecule has 0 aliphatic carbocycles. The predicted molar refractivity (Wildman–Crippen MR) is 73.4 cm³/mol. The van der Waals surface area contributed by atoms with Crippen molar-refractivity contribution >= 4 is 11.4 Å². The summed E-state index contributed by atoms with van der Waals surface area (Å²) in [5.74, 6) is -1.13. The summed E-state index contributed by atoms with van der Waals surface area (Å²) < 4.78 is 39.5. The van der Waals surface area contributed by atoms with Crippen molar-refractivity contribution in [2.24, 2.45) is 0 Å². The Morgan fingerprint density at radius 3 is 2.23 bits per heavy atom. The number of carbonyl (C=O) groups is 1. The molecule has 0 saturated carbocycles. The van der Waals surface area contributed by atoms with E-state index in [-0.39, 0.29) is 11.4 Å². The van der Waals surface area contributed by atoms with Crippen molar-refractivity contribution < 1.29 is 18.0 Å². The van der Waals surface area contributed by atoms with Gasteiger partial charge in [0.05, 0.1) is 0 Å². The molecule has 0 N–H and O–H groups in total. The molecule has 2 heterocycles. The third-order valence-corrected chi connectivity index (χ3v) is 3.28. The number of pyridine rings is 1. The molecule has 0 radical (unpaired) electrons. The number of Topliss-reactive ketones (excluding diaryl/α,β-unsaturated/α-hetero) is 1. The van der Waals surface area contributed by atoms with E-state index in [4.69, 9.17) is 0 Å². The molecule has 0 fully saturated rings. The summed E-state index contributed by atoms with van der Waals surface area (Å²) in [5, 5.41) is 6.69. The molecule has 4 nitrogen and oxygen atoms in total. The van der Waals surface area contributed by atoms with Crippen LogP contribution in [0.25, 0.3) is 16.8 Å². The summed E-state index contributed by atoms with van der Waals surface area (Å²) in [5.41, 5.74) is 1.95. The number of benzene rings is 1. The lowest BCUT2D eigenvalue weighted by Crippen LogP contribution is -2.10. The Balaban J connectivity index is 2.09. The van der Waals surface area contributed by atoms with Gasteiger partial charge >= 0.3 is 6.18 Å². The SMILES string of the molecule is CC(=O)c1ccc(-c2ccc3nnc(C(F)(F)F)n3c2)cc1. The van der Waals surface area contributed by atoms with E-state index >= 15 is 0 Å². The van der Waals surface area contributed by atoms with E-state index in [1.54, 1.807) is 30.3 Å². The van der Waals surface area contributed by atoms with Crippen molar-refractivity contribution in [2.45, 2.75) is 13.1 Å². The summed E-state index contributed by atoms with van der Waals surface area (Å²) >= 11 is 0. The average Bonchev–Trinajstić information content (AvgIpc) is 2.90. The van der Waals surface area contributed by atoms with Crippen LogP contribution in [0.2, 0.25) is 0 Å². The molecule has 0 amide bonds. The van der Waals surface area contributed by atoms with Crippen LogP contribution in [0, 0.1) is 0 Å². The summed E-state index contributed by atoms with van der Waals surface area (Å²) in [7, 11) is 0. The lowest BCUT2D eigenvalue weighted by molar-refractivity contribution is -0.145. The van der Waals surface area contributed by atoms with Gasteiger partial charge in [-0.2, -0.15) is 13.2 Å². The molecule has 3 rings (SSSR count). The molecule has 3 aromatic rings. The lowest BCUT2D eigenvalue weighted by Gasteiger charge is -2.07. The first-order valence-electron chi connectivity index (χ1n) is 6.39. The Morgan fingerprint density at radius 2 is 1.64 bits per heavy atom. The molecular weight excluding hydrogens is 295 g/mol. The number of aromatic nitrogens is 3. The molecule has 112 valence electrons. The van der Waals surface area contributed by atoms with Crippen LogP contribution < -0.4 is 0 Å². The largest absolute Gasteiger partial charge is 0.452 e. The van der Waals surface area contributed by atoms with Gasteiger partial charge in [0.25, 0.3) is 0 Å². The number of rotatable bonds is 2. The van der Waals surface area contributed by atoms with Gasteiger partial charge in [0.2, 0.25) is 5.82 Å². The van der Waals surface area contributed by atoms with Crippen molar-refractivity contribution in [3.63, 3.8) is 0 Å². The molecule has 0 aliphatic heterocycles. The number of hydrogen-bond acceptors (Lipinski definition) is 3. The molecule has 0 unspecified atom stereocenters. The van der Waals surface area contributed by atoms with Crippen molar-refractivity contribution in [2.75, 3.05) is 0 Å². The number of ketones is 1. The van der Waals surface area contributed by atoms with Crippen molar-refractivity contribution in [1.82, 2.24) is 14.6 Å². The molecule has 0 bridgehead atoms. The Labute approximate surface area is 123 Å². The highest BCUT2D eigenvalue weighted by Gasteiger charge is 2.36. The third kappa shape index (κ3) is 2.45. The zero-order valence-electron chi connectivity index (χ0n) is 11.4. The minimum Gasteiger partial charge on any atom is -0.295 e. The van der Waals surface area contributed by atoms with E-state index in [0.717, 1.165) is 4.40 Å². The minimum absolute atomic E-state index is 0.0693. The molecule has 0 spiro atoms. The second kappa shape index (κ2) is 4.94. The van der Waals surface area contributed by atoms with Crippen LogP contribution in [0.1, 0.15) is 23.1 Å². The standard InChI is InChI=1S/C15H10F3N3O/c1-9(22)10-2-4-11(5-3-10)12-6-7-13-19-20-14(15(16,17)18)21(13)8-12/h2-8H,1H3. The van der Waals surface area contributed by atoms with Gasteiger partial charge in [0.15, 0.2) is 11.4 Å². The first kappa shape index (κ1) is 14.2. The predicted octanol–water partition coefficient (Wildman–Crippen LogP) is 3.62. The van der Waals surface area contributed by atoms with Crippen LogP contribution in [0.5, 0.6) is 0 Å². The van der Waals surface area contributed by atoms with Crippen LogP contribution in [0.3, 0.4) is 0 Å². The quantitative estimate of drug-likeness (QED) is 0.679. The summed E-state index contributed by atoms with van der Waals surface area (Å²) in [6.45, 7) is 1.45. The third-order valence-electron chi connectivity index (χ3n) is 3.28. The number of carbonyl (C=O) groups excluding carboxylic acids is 1. The van der Waals surface area contributed by atoms with E-state index < -0.39 is 12.0 Å². The topological polar surface area (TPSA) is 47.3 Å².